The number of ether oxygens (including phenoxy) is 1. The average Bonchev–Trinajstić information content (AvgIpc) is 3.42. The lowest BCUT2D eigenvalue weighted by molar-refractivity contribution is -0.148. The highest BCUT2D eigenvalue weighted by Crippen LogP contribution is 2.63. The molecule has 0 radical (unpaired) electrons. The molecule has 3 heterocycles. The number of likely N-dealkylation sites (tertiary alicyclic amines) is 1. The van der Waals surface area contributed by atoms with Crippen LogP contribution in [0.1, 0.15) is 40.0 Å². The molecule has 8 heteroatoms. The highest BCUT2D eigenvalue weighted by Gasteiger charge is 2.78. The molecule has 3 saturated heterocycles. The smallest absolute Gasteiger partial charge is 0.250 e. The van der Waals surface area contributed by atoms with Crippen molar-refractivity contribution in [3.8, 4) is 0 Å². The van der Waals surface area contributed by atoms with Gasteiger partial charge in [-0.15, -0.1) is 0 Å². The fourth-order valence-electron chi connectivity index (χ4n) is 6.91. The third kappa shape index (κ3) is 3.61. The maximum absolute atomic E-state index is 14.0. The number of fused-ring (bicyclic) bond motifs is 2. The van der Waals surface area contributed by atoms with E-state index >= 15 is 0 Å². The minimum Gasteiger partial charge on any atom is -0.394 e. The van der Waals surface area contributed by atoms with Gasteiger partial charge in [0.2, 0.25) is 17.7 Å². The number of rotatable bonds is 7. The number of hydrogen-bond donors (Lipinski definition) is 3. The number of hydrogen-bond acceptors (Lipinski definition) is 5. The predicted molar refractivity (Wildman–Crippen MR) is 136 cm³/mol. The van der Waals surface area contributed by atoms with Crippen molar-refractivity contribution in [2.75, 3.05) is 19.0 Å². The summed E-state index contributed by atoms with van der Waals surface area (Å²) in [5.41, 5.74) is -1.31. The van der Waals surface area contributed by atoms with Crippen LogP contribution in [-0.4, -0.2) is 64.7 Å². The second-order valence-electron chi connectivity index (χ2n) is 11.1. The Hall–Kier alpha value is -2.97. The van der Waals surface area contributed by atoms with E-state index in [9.17, 15) is 19.5 Å². The van der Waals surface area contributed by atoms with E-state index in [0.29, 0.717) is 24.9 Å². The summed E-state index contributed by atoms with van der Waals surface area (Å²) in [7, 11) is 1.56. The van der Waals surface area contributed by atoms with Gasteiger partial charge in [0.1, 0.15) is 11.6 Å². The quantitative estimate of drug-likeness (QED) is 0.550. The molecular formula is C28H35N3O5. The van der Waals surface area contributed by atoms with Gasteiger partial charge in [0.15, 0.2) is 0 Å². The lowest BCUT2D eigenvalue weighted by atomic mass is 9.66. The molecule has 2 bridgehead atoms. The molecule has 2 unspecified atom stereocenters. The van der Waals surface area contributed by atoms with Crippen LogP contribution in [0.3, 0.4) is 0 Å². The number of benzene rings is 2. The summed E-state index contributed by atoms with van der Waals surface area (Å²) in [6.45, 7) is 5.63. The van der Waals surface area contributed by atoms with Gasteiger partial charge in [-0.1, -0.05) is 44.2 Å². The lowest BCUT2D eigenvalue weighted by Gasteiger charge is -2.37. The normalized spacial score (nSPS) is 31.7. The number of amides is 3. The van der Waals surface area contributed by atoms with E-state index < -0.39 is 35.1 Å². The zero-order valence-corrected chi connectivity index (χ0v) is 21.3. The van der Waals surface area contributed by atoms with Crippen LogP contribution in [0.5, 0.6) is 0 Å². The molecule has 8 nitrogen and oxygen atoms in total. The molecule has 3 amide bonds. The molecule has 6 atom stereocenters. The van der Waals surface area contributed by atoms with E-state index in [0.717, 1.165) is 10.8 Å². The molecule has 2 aromatic carbocycles. The lowest BCUT2D eigenvalue weighted by Crippen LogP contribution is -2.56. The fourth-order valence-corrected chi connectivity index (χ4v) is 6.91. The third-order valence-corrected chi connectivity index (χ3v) is 8.36. The minimum absolute atomic E-state index is 0.196. The number of carbonyl (C=O) groups is 3. The molecule has 3 fully saturated rings. The first-order chi connectivity index (χ1) is 17.1. The van der Waals surface area contributed by atoms with Crippen molar-refractivity contribution in [1.82, 2.24) is 10.2 Å². The second-order valence-corrected chi connectivity index (χ2v) is 11.1. The van der Waals surface area contributed by atoms with Crippen LogP contribution in [0.4, 0.5) is 5.69 Å². The summed E-state index contributed by atoms with van der Waals surface area (Å²) in [5, 5.41) is 18.1. The molecular weight excluding hydrogens is 458 g/mol. The molecule has 5 rings (SSSR count). The van der Waals surface area contributed by atoms with Gasteiger partial charge < -0.3 is 25.4 Å². The molecule has 36 heavy (non-hydrogen) atoms. The molecule has 0 saturated carbocycles. The van der Waals surface area contributed by atoms with Crippen LogP contribution in [0.25, 0.3) is 10.8 Å². The Morgan fingerprint density at radius 3 is 2.53 bits per heavy atom. The van der Waals surface area contributed by atoms with E-state index in [1.165, 1.54) is 4.90 Å². The fraction of sp³-hybridized carbons (Fsp3) is 0.536. The highest BCUT2D eigenvalue weighted by atomic mass is 16.5. The van der Waals surface area contributed by atoms with Gasteiger partial charge in [0.05, 0.1) is 30.1 Å². The highest BCUT2D eigenvalue weighted by molar-refractivity contribution is 6.04. The molecule has 192 valence electrons. The maximum Gasteiger partial charge on any atom is 0.250 e. The van der Waals surface area contributed by atoms with Crippen molar-refractivity contribution in [2.24, 2.45) is 17.8 Å². The third-order valence-electron chi connectivity index (χ3n) is 8.36. The number of anilines is 1. The van der Waals surface area contributed by atoms with Crippen LogP contribution in [0.2, 0.25) is 0 Å². The van der Waals surface area contributed by atoms with E-state index in [1.807, 2.05) is 63.2 Å². The van der Waals surface area contributed by atoms with Gasteiger partial charge in [-0.2, -0.15) is 0 Å². The summed E-state index contributed by atoms with van der Waals surface area (Å²) < 4.78 is 6.58. The zero-order chi connectivity index (χ0) is 25.8. The molecule has 2 aromatic rings. The van der Waals surface area contributed by atoms with Crippen molar-refractivity contribution in [3.63, 3.8) is 0 Å². The Bertz CT molecular complexity index is 1210. The van der Waals surface area contributed by atoms with Crippen LogP contribution in [-0.2, 0) is 19.1 Å². The van der Waals surface area contributed by atoms with E-state index in [2.05, 4.69) is 10.6 Å². The Morgan fingerprint density at radius 2 is 1.86 bits per heavy atom. The standard InChI is InChI=1S/C28H35N3O5/c1-16(2)13-20(15-32)31-23(25(34)30-19-10-9-17-7-5-6-8-18(17)14-19)28-12-11-27(3,36-28)21(24(33)29-4)22(28)26(31)35/h5-10,14,16,20-23,32H,11-13,15H2,1-4H3,(H,29,33)(H,30,34)/t20-,21+,22+,23?,27-,28?/m1/s1. The average molecular weight is 494 g/mol. The largest absolute Gasteiger partial charge is 0.394 e. The molecule has 3 N–H and O–H groups in total. The molecule has 3 aliphatic rings. The Labute approximate surface area is 211 Å². The summed E-state index contributed by atoms with van der Waals surface area (Å²) in [5.74, 6) is -2.16. The van der Waals surface area contributed by atoms with Crippen molar-refractivity contribution in [3.05, 3.63) is 42.5 Å². The van der Waals surface area contributed by atoms with Crippen molar-refractivity contribution < 1.29 is 24.2 Å². The number of nitrogens with zero attached hydrogens (tertiary/aromatic N) is 1. The monoisotopic (exact) mass is 493 g/mol. The SMILES string of the molecule is CNC(=O)[C@@H]1[C@H]2C(=O)N([C@@H](CO)CC(C)C)C(C(=O)Nc3ccc4ccccc4c3)C23CC[C@@]1(C)O3. The van der Waals surface area contributed by atoms with Crippen molar-refractivity contribution >= 4 is 34.2 Å². The first-order valence-electron chi connectivity index (χ1n) is 12.8. The topological polar surface area (TPSA) is 108 Å². The van der Waals surface area contributed by atoms with Gasteiger partial charge in [-0.25, -0.2) is 0 Å². The van der Waals surface area contributed by atoms with E-state index in [4.69, 9.17) is 4.74 Å². The summed E-state index contributed by atoms with van der Waals surface area (Å²) in [6.07, 6.45) is 1.61. The second kappa shape index (κ2) is 8.85. The number of aliphatic hydroxyl groups is 1. The zero-order valence-electron chi connectivity index (χ0n) is 21.3. The Morgan fingerprint density at radius 1 is 1.14 bits per heavy atom. The first kappa shape index (κ1) is 24.7. The summed E-state index contributed by atoms with van der Waals surface area (Å²) >= 11 is 0. The van der Waals surface area contributed by atoms with Gasteiger partial charge in [-0.3, -0.25) is 14.4 Å². The van der Waals surface area contributed by atoms with Crippen LogP contribution in [0, 0.1) is 17.8 Å². The molecule has 0 aromatic heterocycles. The predicted octanol–water partition coefficient (Wildman–Crippen LogP) is 2.70. The maximum atomic E-state index is 14.0. The minimum atomic E-state index is -1.12. The number of aliphatic hydroxyl groups excluding tert-OH is 1. The van der Waals surface area contributed by atoms with Crippen LogP contribution in [0.15, 0.2) is 42.5 Å². The van der Waals surface area contributed by atoms with Crippen LogP contribution < -0.4 is 10.6 Å². The van der Waals surface area contributed by atoms with Gasteiger partial charge >= 0.3 is 0 Å². The van der Waals surface area contributed by atoms with Crippen molar-refractivity contribution in [2.45, 2.75) is 63.3 Å². The van der Waals surface area contributed by atoms with Gasteiger partial charge in [-0.05, 0) is 55.0 Å². The molecule has 0 aliphatic carbocycles. The Kier molecular flexibility index (Phi) is 6.08. The molecule has 3 aliphatic heterocycles. The Balaban J connectivity index is 1.56. The summed E-state index contributed by atoms with van der Waals surface area (Å²) in [4.78, 5) is 42.6. The van der Waals surface area contributed by atoms with Crippen molar-refractivity contribution in [1.29, 1.82) is 0 Å². The van der Waals surface area contributed by atoms with Gasteiger partial charge in [0, 0.05) is 12.7 Å². The molecule has 1 spiro atoms. The summed E-state index contributed by atoms with van der Waals surface area (Å²) in [6, 6.07) is 12.1. The van der Waals surface area contributed by atoms with E-state index in [1.54, 1.807) is 7.05 Å². The first-order valence-corrected chi connectivity index (χ1v) is 12.8. The van der Waals surface area contributed by atoms with Gasteiger partial charge in [0.25, 0.3) is 0 Å². The van der Waals surface area contributed by atoms with E-state index in [-0.39, 0.29) is 30.2 Å². The number of carbonyl (C=O) groups excluding carboxylic acids is 3. The van der Waals surface area contributed by atoms with Crippen LogP contribution >= 0.6 is 0 Å². The number of nitrogens with one attached hydrogen (secondary N) is 2.